The molecule has 0 radical (unpaired) electrons. The van der Waals surface area contributed by atoms with E-state index in [9.17, 15) is 0 Å². The predicted octanol–water partition coefficient (Wildman–Crippen LogP) is 4.98. The lowest BCUT2D eigenvalue weighted by Crippen LogP contribution is -1.99. The van der Waals surface area contributed by atoms with Crippen LogP contribution in [0.2, 0.25) is 0 Å². The standard InChI is InChI=1S/C18H18N4S/c1-12-6-4-7-13(2)17(12)21-14(3)16-11-20-18(23-16)22-15-8-5-9-19-10-15/h4-11,21H,3H2,1-2H3,(H,20,22). The molecule has 4 nitrogen and oxygen atoms in total. The fourth-order valence-electron chi connectivity index (χ4n) is 2.26. The maximum Gasteiger partial charge on any atom is 0.187 e. The number of benzene rings is 1. The van der Waals surface area contributed by atoms with Gasteiger partial charge in [-0.25, -0.2) is 4.98 Å². The molecule has 0 unspecified atom stereocenters. The molecule has 0 saturated carbocycles. The Bertz CT molecular complexity index is 804. The van der Waals surface area contributed by atoms with E-state index in [1.54, 1.807) is 23.7 Å². The van der Waals surface area contributed by atoms with Crippen molar-refractivity contribution in [3.05, 3.63) is 71.5 Å². The zero-order valence-corrected chi connectivity index (χ0v) is 13.9. The minimum Gasteiger partial charge on any atom is -0.354 e. The minimum absolute atomic E-state index is 0.817. The minimum atomic E-state index is 0.817. The Morgan fingerprint density at radius 3 is 2.57 bits per heavy atom. The average molecular weight is 322 g/mol. The number of pyridine rings is 1. The smallest absolute Gasteiger partial charge is 0.187 e. The summed E-state index contributed by atoms with van der Waals surface area (Å²) in [4.78, 5) is 9.48. The first kappa shape index (κ1) is 15.2. The van der Waals surface area contributed by atoms with Gasteiger partial charge >= 0.3 is 0 Å². The van der Waals surface area contributed by atoms with E-state index in [-0.39, 0.29) is 0 Å². The van der Waals surface area contributed by atoms with Gasteiger partial charge in [0, 0.05) is 18.1 Å². The summed E-state index contributed by atoms with van der Waals surface area (Å²) in [7, 11) is 0. The Morgan fingerprint density at radius 2 is 1.87 bits per heavy atom. The summed E-state index contributed by atoms with van der Waals surface area (Å²) in [6.07, 6.45) is 5.34. The molecular weight excluding hydrogens is 304 g/mol. The second-order valence-corrected chi connectivity index (χ2v) is 6.30. The highest BCUT2D eigenvalue weighted by Crippen LogP contribution is 2.29. The molecule has 2 N–H and O–H groups in total. The molecule has 0 amide bonds. The fourth-order valence-corrected chi connectivity index (χ4v) is 3.02. The molecule has 0 aliphatic carbocycles. The molecule has 0 aliphatic rings. The summed E-state index contributed by atoms with van der Waals surface area (Å²) >= 11 is 1.55. The third-order valence-electron chi connectivity index (χ3n) is 3.47. The van der Waals surface area contributed by atoms with Crippen molar-refractivity contribution in [1.82, 2.24) is 9.97 Å². The molecule has 3 aromatic rings. The molecule has 5 heteroatoms. The van der Waals surface area contributed by atoms with Gasteiger partial charge < -0.3 is 10.6 Å². The van der Waals surface area contributed by atoms with E-state index in [2.05, 4.69) is 59.2 Å². The number of nitrogens with one attached hydrogen (secondary N) is 2. The van der Waals surface area contributed by atoms with Crippen LogP contribution < -0.4 is 10.6 Å². The summed E-state index contributed by atoms with van der Waals surface area (Å²) in [6, 6.07) is 10.1. The van der Waals surface area contributed by atoms with Crippen LogP contribution in [0.3, 0.4) is 0 Å². The van der Waals surface area contributed by atoms with Gasteiger partial charge in [0.05, 0.1) is 22.5 Å². The highest BCUT2D eigenvalue weighted by Gasteiger charge is 2.08. The van der Waals surface area contributed by atoms with Crippen molar-refractivity contribution < 1.29 is 0 Å². The predicted molar refractivity (Wildman–Crippen MR) is 98.2 cm³/mol. The molecule has 0 aliphatic heterocycles. The van der Waals surface area contributed by atoms with Gasteiger partial charge in [-0.1, -0.05) is 36.1 Å². The normalized spacial score (nSPS) is 10.3. The molecule has 0 bridgehead atoms. The molecule has 0 atom stereocenters. The second kappa shape index (κ2) is 6.62. The number of aromatic nitrogens is 2. The Kier molecular flexibility index (Phi) is 4.39. The van der Waals surface area contributed by atoms with Gasteiger partial charge in [-0.15, -0.1) is 0 Å². The number of hydrogen-bond acceptors (Lipinski definition) is 5. The molecule has 2 aromatic heterocycles. The molecule has 3 rings (SSSR count). The number of anilines is 3. The van der Waals surface area contributed by atoms with Crippen molar-refractivity contribution >= 4 is 33.5 Å². The fraction of sp³-hybridized carbons (Fsp3) is 0.111. The summed E-state index contributed by atoms with van der Waals surface area (Å²) in [6.45, 7) is 8.32. The molecule has 0 saturated heterocycles. The zero-order chi connectivity index (χ0) is 16.2. The zero-order valence-electron chi connectivity index (χ0n) is 13.1. The van der Waals surface area contributed by atoms with Crippen LogP contribution in [-0.2, 0) is 0 Å². The molecule has 0 spiro atoms. The summed E-state index contributed by atoms with van der Waals surface area (Å²) in [5.74, 6) is 0. The van der Waals surface area contributed by atoms with Crippen molar-refractivity contribution in [2.24, 2.45) is 0 Å². The van der Waals surface area contributed by atoms with Gasteiger partial charge in [0.25, 0.3) is 0 Å². The van der Waals surface area contributed by atoms with E-state index in [1.165, 1.54) is 11.1 Å². The highest BCUT2D eigenvalue weighted by molar-refractivity contribution is 7.16. The first-order valence-corrected chi connectivity index (χ1v) is 8.10. The van der Waals surface area contributed by atoms with E-state index in [0.717, 1.165) is 27.1 Å². The van der Waals surface area contributed by atoms with E-state index in [1.807, 2.05) is 18.3 Å². The monoisotopic (exact) mass is 322 g/mol. The van der Waals surface area contributed by atoms with Crippen molar-refractivity contribution in [2.75, 3.05) is 10.6 Å². The number of hydrogen-bond donors (Lipinski definition) is 2. The Hall–Kier alpha value is -2.66. The van der Waals surface area contributed by atoms with Crippen molar-refractivity contribution in [3.63, 3.8) is 0 Å². The van der Waals surface area contributed by atoms with E-state index in [4.69, 9.17) is 0 Å². The van der Waals surface area contributed by atoms with Crippen LogP contribution in [0.4, 0.5) is 16.5 Å². The van der Waals surface area contributed by atoms with Gasteiger partial charge in [0.15, 0.2) is 5.13 Å². The number of para-hydroxylation sites is 1. The maximum absolute atomic E-state index is 4.40. The van der Waals surface area contributed by atoms with Crippen LogP contribution >= 0.6 is 11.3 Å². The number of aryl methyl sites for hydroxylation is 2. The topological polar surface area (TPSA) is 49.8 Å². The molecule has 0 fully saturated rings. The van der Waals surface area contributed by atoms with Crippen LogP contribution in [0, 0.1) is 13.8 Å². The number of rotatable bonds is 5. The molecular formula is C18H18N4S. The van der Waals surface area contributed by atoms with Crippen LogP contribution in [0.5, 0.6) is 0 Å². The first-order valence-electron chi connectivity index (χ1n) is 7.29. The Labute approximate surface area is 139 Å². The van der Waals surface area contributed by atoms with Gasteiger partial charge in [-0.3, -0.25) is 4.98 Å². The van der Waals surface area contributed by atoms with Crippen LogP contribution in [0.15, 0.2) is 55.5 Å². The third-order valence-corrected chi connectivity index (χ3v) is 4.45. The van der Waals surface area contributed by atoms with Crippen LogP contribution in [0.1, 0.15) is 16.0 Å². The van der Waals surface area contributed by atoms with E-state index < -0.39 is 0 Å². The SMILES string of the molecule is C=C(Nc1c(C)cccc1C)c1cnc(Nc2cccnc2)s1. The van der Waals surface area contributed by atoms with Crippen molar-refractivity contribution in [3.8, 4) is 0 Å². The summed E-state index contributed by atoms with van der Waals surface area (Å²) in [5, 5.41) is 7.47. The van der Waals surface area contributed by atoms with Crippen molar-refractivity contribution in [1.29, 1.82) is 0 Å². The number of nitrogens with zero attached hydrogens (tertiary/aromatic N) is 2. The Morgan fingerprint density at radius 1 is 1.09 bits per heavy atom. The second-order valence-electron chi connectivity index (χ2n) is 5.27. The average Bonchev–Trinajstić information content (AvgIpc) is 3.00. The molecule has 23 heavy (non-hydrogen) atoms. The van der Waals surface area contributed by atoms with Gasteiger partial charge in [-0.2, -0.15) is 0 Å². The molecule has 116 valence electrons. The number of thiazole rings is 1. The lowest BCUT2D eigenvalue weighted by Gasteiger charge is -2.13. The summed E-state index contributed by atoms with van der Waals surface area (Å²) < 4.78 is 0. The van der Waals surface area contributed by atoms with Gasteiger partial charge in [-0.05, 0) is 37.1 Å². The van der Waals surface area contributed by atoms with Gasteiger partial charge in [0.2, 0.25) is 0 Å². The lowest BCUT2D eigenvalue weighted by molar-refractivity contribution is 1.31. The quantitative estimate of drug-likeness (QED) is 0.695. The Balaban J connectivity index is 1.74. The maximum atomic E-state index is 4.40. The van der Waals surface area contributed by atoms with E-state index in [0.29, 0.717) is 0 Å². The molecule has 1 aromatic carbocycles. The highest BCUT2D eigenvalue weighted by atomic mass is 32.1. The molecule has 2 heterocycles. The summed E-state index contributed by atoms with van der Waals surface area (Å²) in [5.41, 5.74) is 5.27. The van der Waals surface area contributed by atoms with Gasteiger partial charge in [0.1, 0.15) is 0 Å². The third kappa shape index (κ3) is 3.57. The van der Waals surface area contributed by atoms with Crippen LogP contribution in [0.25, 0.3) is 5.70 Å². The van der Waals surface area contributed by atoms with Crippen LogP contribution in [-0.4, -0.2) is 9.97 Å². The largest absolute Gasteiger partial charge is 0.354 e. The van der Waals surface area contributed by atoms with E-state index >= 15 is 0 Å². The first-order chi connectivity index (χ1) is 11.1. The lowest BCUT2D eigenvalue weighted by atomic mass is 10.1. The van der Waals surface area contributed by atoms with Crippen molar-refractivity contribution in [2.45, 2.75) is 13.8 Å².